The minimum Gasteiger partial charge on any atom is -0.462 e. The zero-order chi connectivity index (χ0) is 12.3. The molecule has 92 valence electrons. The fourth-order valence-corrected chi connectivity index (χ4v) is 1.96. The first kappa shape index (κ1) is 13.2. The van der Waals surface area contributed by atoms with E-state index in [1.807, 2.05) is 0 Å². The van der Waals surface area contributed by atoms with Crippen LogP contribution in [0.5, 0.6) is 0 Å². The van der Waals surface area contributed by atoms with Crippen LogP contribution in [0.25, 0.3) is 0 Å². The van der Waals surface area contributed by atoms with Gasteiger partial charge in [-0.3, -0.25) is 0 Å². The largest absolute Gasteiger partial charge is 0.462 e. The summed E-state index contributed by atoms with van der Waals surface area (Å²) in [7, 11) is -1.61. The molecule has 0 saturated heterocycles. The molecule has 0 aliphatic rings. The molecule has 0 saturated carbocycles. The lowest BCUT2D eigenvalue weighted by atomic mass is 10.2. The molecule has 2 N–H and O–H groups in total. The van der Waals surface area contributed by atoms with Crippen molar-refractivity contribution in [1.29, 1.82) is 0 Å². The average molecular weight is 247 g/mol. The Labute approximate surface area is 95.5 Å². The van der Waals surface area contributed by atoms with Gasteiger partial charge < -0.3 is 14.9 Å². The van der Waals surface area contributed by atoms with Crippen LogP contribution in [0.2, 0.25) is 0 Å². The molecule has 6 heteroatoms. The number of nitrogens with two attached hydrogens (primary N) is 1. The number of rotatable bonds is 5. The number of furan rings is 1. The van der Waals surface area contributed by atoms with Crippen LogP contribution in [0.1, 0.15) is 24.5 Å². The number of ether oxygens (including phenoxy) is 1. The molecule has 2 atom stereocenters. The highest BCUT2D eigenvalue weighted by atomic mass is 32.2. The van der Waals surface area contributed by atoms with Crippen LogP contribution in [0.15, 0.2) is 16.5 Å². The second kappa shape index (κ2) is 4.99. The van der Waals surface area contributed by atoms with Crippen LogP contribution < -0.4 is 5.73 Å². The molecule has 2 unspecified atom stereocenters. The van der Waals surface area contributed by atoms with Crippen molar-refractivity contribution in [3.05, 3.63) is 23.7 Å². The summed E-state index contributed by atoms with van der Waals surface area (Å²) in [4.78, 5) is 0. The minimum absolute atomic E-state index is 0.347. The molecular formula is C10H17NO4S. The van der Waals surface area contributed by atoms with E-state index >= 15 is 0 Å². The van der Waals surface area contributed by atoms with Crippen LogP contribution in [0.4, 0.5) is 0 Å². The van der Waals surface area contributed by atoms with Crippen molar-refractivity contribution in [3.8, 4) is 0 Å². The molecule has 0 bridgehead atoms. The fraction of sp³-hybridized carbons (Fsp3) is 0.600. The summed E-state index contributed by atoms with van der Waals surface area (Å²) in [5.74, 6) is 1.10. The quantitative estimate of drug-likeness (QED) is 0.834. The van der Waals surface area contributed by atoms with Crippen molar-refractivity contribution in [3.63, 3.8) is 0 Å². The molecule has 0 aliphatic carbocycles. The van der Waals surface area contributed by atoms with Crippen LogP contribution in [-0.4, -0.2) is 27.0 Å². The van der Waals surface area contributed by atoms with Gasteiger partial charge in [0.15, 0.2) is 9.84 Å². The monoisotopic (exact) mass is 247 g/mol. The maximum atomic E-state index is 11.3. The van der Waals surface area contributed by atoms with Gasteiger partial charge in [0.25, 0.3) is 0 Å². The summed E-state index contributed by atoms with van der Waals surface area (Å²) in [6, 6.07) is 2.76. The molecule has 0 radical (unpaired) electrons. The average Bonchev–Trinajstić information content (AvgIpc) is 2.63. The van der Waals surface area contributed by atoms with E-state index in [0.29, 0.717) is 18.1 Å². The van der Waals surface area contributed by atoms with E-state index in [1.165, 1.54) is 0 Å². The van der Waals surface area contributed by atoms with Gasteiger partial charge >= 0.3 is 0 Å². The van der Waals surface area contributed by atoms with Gasteiger partial charge in [0, 0.05) is 13.4 Å². The topological polar surface area (TPSA) is 82.5 Å². The van der Waals surface area contributed by atoms with Crippen molar-refractivity contribution in [2.45, 2.75) is 24.8 Å². The van der Waals surface area contributed by atoms with E-state index < -0.39 is 21.1 Å². The molecule has 5 nitrogen and oxygen atoms in total. The lowest BCUT2D eigenvalue weighted by Gasteiger charge is -2.15. The third-order valence-corrected chi connectivity index (χ3v) is 4.12. The van der Waals surface area contributed by atoms with Crippen LogP contribution in [0, 0.1) is 0 Å². The summed E-state index contributed by atoms with van der Waals surface area (Å²) in [5, 5.41) is -0.672. The summed E-state index contributed by atoms with van der Waals surface area (Å²) in [6.07, 6.45) is 1.16. The maximum Gasteiger partial charge on any atom is 0.152 e. The van der Waals surface area contributed by atoms with Crippen molar-refractivity contribution < 1.29 is 17.6 Å². The second-order valence-electron chi connectivity index (χ2n) is 3.80. The molecule has 0 amide bonds. The van der Waals surface area contributed by atoms with Gasteiger partial charge in [-0.25, -0.2) is 8.42 Å². The van der Waals surface area contributed by atoms with Crippen molar-refractivity contribution in [2.75, 3.05) is 13.4 Å². The molecule has 0 aromatic carbocycles. The van der Waals surface area contributed by atoms with Crippen molar-refractivity contribution >= 4 is 9.84 Å². The Hall–Kier alpha value is -0.850. The highest BCUT2D eigenvalue weighted by molar-refractivity contribution is 7.91. The number of methoxy groups -OCH3 is 1. The summed E-state index contributed by atoms with van der Waals surface area (Å²) in [5.41, 5.74) is 5.82. The van der Waals surface area contributed by atoms with E-state index in [-0.39, 0.29) is 0 Å². The standard InChI is InChI=1S/C10H17NO4S/c1-7(16(3,12)13)10(11)9-5-4-8(15-9)6-14-2/h4-5,7,10H,6,11H2,1-3H3. The zero-order valence-electron chi connectivity index (χ0n) is 9.64. The second-order valence-corrected chi connectivity index (χ2v) is 6.20. The maximum absolute atomic E-state index is 11.3. The molecular weight excluding hydrogens is 230 g/mol. The van der Waals surface area contributed by atoms with Gasteiger partial charge in [-0.1, -0.05) is 0 Å². The molecule has 0 fully saturated rings. The Morgan fingerprint density at radius 3 is 2.62 bits per heavy atom. The third-order valence-electron chi connectivity index (χ3n) is 2.48. The molecule has 0 aliphatic heterocycles. The van der Waals surface area contributed by atoms with Gasteiger partial charge in [0.05, 0.1) is 11.3 Å². The zero-order valence-corrected chi connectivity index (χ0v) is 10.5. The summed E-state index contributed by atoms with van der Waals surface area (Å²) < 4.78 is 32.9. The Morgan fingerprint density at radius 2 is 2.12 bits per heavy atom. The Kier molecular flexibility index (Phi) is 4.12. The predicted molar refractivity (Wildman–Crippen MR) is 60.7 cm³/mol. The van der Waals surface area contributed by atoms with Crippen molar-refractivity contribution in [2.24, 2.45) is 5.73 Å². The first-order valence-electron chi connectivity index (χ1n) is 4.88. The molecule has 1 aromatic heterocycles. The SMILES string of the molecule is COCc1ccc(C(N)C(C)S(C)(=O)=O)o1. The van der Waals surface area contributed by atoms with Gasteiger partial charge in [0.2, 0.25) is 0 Å². The number of hydrogen-bond acceptors (Lipinski definition) is 5. The molecule has 1 rings (SSSR count). The van der Waals surface area contributed by atoms with Crippen molar-refractivity contribution in [1.82, 2.24) is 0 Å². The molecule has 16 heavy (non-hydrogen) atoms. The Morgan fingerprint density at radius 1 is 1.50 bits per heavy atom. The highest BCUT2D eigenvalue weighted by Gasteiger charge is 2.26. The van der Waals surface area contributed by atoms with Gasteiger partial charge in [-0.05, 0) is 19.1 Å². The molecule has 1 aromatic rings. The van der Waals surface area contributed by atoms with E-state index in [9.17, 15) is 8.42 Å². The molecule has 0 spiro atoms. The highest BCUT2D eigenvalue weighted by Crippen LogP contribution is 2.21. The Bertz CT molecular complexity index is 437. The predicted octanol–water partition coefficient (Wildman–Crippen LogP) is 0.859. The van der Waals surface area contributed by atoms with Gasteiger partial charge in [-0.15, -0.1) is 0 Å². The summed E-state index contributed by atoms with van der Waals surface area (Å²) >= 11 is 0. The fourth-order valence-electron chi connectivity index (χ4n) is 1.29. The minimum atomic E-state index is -3.17. The number of sulfone groups is 1. The van der Waals surface area contributed by atoms with E-state index in [2.05, 4.69) is 0 Å². The van der Waals surface area contributed by atoms with Gasteiger partial charge in [0.1, 0.15) is 18.1 Å². The smallest absolute Gasteiger partial charge is 0.152 e. The van der Waals surface area contributed by atoms with Crippen LogP contribution in [0.3, 0.4) is 0 Å². The first-order chi connectivity index (χ1) is 7.36. The van der Waals surface area contributed by atoms with E-state index in [4.69, 9.17) is 14.9 Å². The Balaban J connectivity index is 2.84. The van der Waals surface area contributed by atoms with E-state index in [0.717, 1.165) is 6.26 Å². The number of hydrogen-bond donors (Lipinski definition) is 1. The van der Waals surface area contributed by atoms with E-state index in [1.54, 1.807) is 26.2 Å². The van der Waals surface area contributed by atoms with Crippen LogP contribution in [-0.2, 0) is 21.2 Å². The lowest BCUT2D eigenvalue weighted by Crippen LogP contribution is -2.30. The molecule has 1 heterocycles. The van der Waals surface area contributed by atoms with Gasteiger partial charge in [-0.2, -0.15) is 0 Å². The third kappa shape index (κ3) is 3.07. The first-order valence-corrected chi connectivity index (χ1v) is 6.83. The summed E-state index contributed by atoms with van der Waals surface area (Å²) in [6.45, 7) is 1.92. The normalized spacial score (nSPS) is 16.0. The van der Waals surface area contributed by atoms with Crippen LogP contribution >= 0.6 is 0 Å². The lowest BCUT2D eigenvalue weighted by molar-refractivity contribution is 0.162.